The minimum atomic E-state index is 0.990. The molecule has 0 aliphatic heterocycles. The normalized spacial score (nSPS) is 12.0. The molecule has 35 heavy (non-hydrogen) atoms. The zero-order chi connectivity index (χ0) is 22.9. The molecule has 4 aromatic heterocycles. The molecular weight excluding hydrogens is 426 g/mol. The van der Waals surface area contributed by atoms with Gasteiger partial charge in [0.15, 0.2) is 0 Å². The number of para-hydroxylation sites is 1. The predicted molar refractivity (Wildman–Crippen MR) is 145 cm³/mol. The summed E-state index contributed by atoms with van der Waals surface area (Å²) in [7, 11) is 0. The van der Waals surface area contributed by atoms with E-state index in [9.17, 15) is 0 Å². The molecule has 0 saturated heterocycles. The highest BCUT2D eigenvalue weighted by Crippen LogP contribution is 2.43. The van der Waals surface area contributed by atoms with Gasteiger partial charge in [-0.25, -0.2) is 0 Å². The molecule has 0 fully saturated rings. The van der Waals surface area contributed by atoms with Crippen LogP contribution in [0.1, 0.15) is 0 Å². The van der Waals surface area contributed by atoms with E-state index in [1.54, 1.807) is 0 Å². The van der Waals surface area contributed by atoms with Crippen LogP contribution in [0.15, 0.2) is 116 Å². The summed E-state index contributed by atoms with van der Waals surface area (Å²) in [4.78, 5) is 9.19. The molecule has 0 amide bonds. The van der Waals surface area contributed by atoms with E-state index >= 15 is 0 Å². The second-order valence-corrected chi connectivity index (χ2v) is 9.10. The first-order chi connectivity index (χ1) is 17.4. The lowest BCUT2D eigenvalue weighted by atomic mass is 9.96. The molecule has 0 N–H and O–H groups in total. The topological polar surface area (TPSA) is 30.2 Å². The number of aromatic nitrogens is 3. The number of fused-ring (bicyclic) bond motifs is 7. The number of hydrogen-bond acceptors (Lipinski definition) is 2. The highest BCUT2D eigenvalue weighted by atomic mass is 14.9. The number of benzene rings is 4. The summed E-state index contributed by atoms with van der Waals surface area (Å²) < 4.78 is 2.42. The fourth-order valence-electron chi connectivity index (χ4n) is 5.70. The van der Waals surface area contributed by atoms with Crippen molar-refractivity contribution in [1.82, 2.24) is 14.4 Å². The quantitative estimate of drug-likeness (QED) is 0.269. The van der Waals surface area contributed by atoms with Gasteiger partial charge in [-0.05, 0) is 65.7 Å². The summed E-state index contributed by atoms with van der Waals surface area (Å²) >= 11 is 0. The molecule has 0 aliphatic rings. The van der Waals surface area contributed by atoms with Gasteiger partial charge in [-0.3, -0.25) is 9.97 Å². The molecular formula is C32H19N3. The first-order valence-corrected chi connectivity index (χ1v) is 11.8. The van der Waals surface area contributed by atoms with E-state index in [-0.39, 0.29) is 0 Å². The van der Waals surface area contributed by atoms with Gasteiger partial charge in [-0.2, -0.15) is 0 Å². The van der Waals surface area contributed by atoms with Crippen molar-refractivity contribution >= 4 is 49.0 Å². The van der Waals surface area contributed by atoms with Crippen molar-refractivity contribution in [3.63, 3.8) is 0 Å². The summed E-state index contributed by atoms with van der Waals surface area (Å²) in [5.74, 6) is 0. The van der Waals surface area contributed by atoms with Gasteiger partial charge in [0.25, 0.3) is 0 Å². The lowest BCUT2D eigenvalue weighted by molar-refractivity contribution is 1.33. The lowest BCUT2D eigenvalue weighted by Crippen LogP contribution is -1.84. The van der Waals surface area contributed by atoms with Crippen LogP contribution < -0.4 is 0 Å². The smallest absolute Gasteiger partial charge is 0.0708 e. The average Bonchev–Trinajstić information content (AvgIpc) is 3.44. The van der Waals surface area contributed by atoms with E-state index in [0.29, 0.717) is 0 Å². The van der Waals surface area contributed by atoms with Crippen molar-refractivity contribution in [3.05, 3.63) is 116 Å². The van der Waals surface area contributed by atoms with Crippen LogP contribution in [0.4, 0.5) is 0 Å². The Morgan fingerprint density at radius 2 is 1.26 bits per heavy atom. The Labute approximate surface area is 201 Å². The van der Waals surface area contributed by atoms with Crippen LogP contribution in [0.3, 0.4) is 0 Å². The second-order valence-electron chi connectivity index (χ2n) is 9.10. The highest BCUT2D eigenvalue weighted by Gasteiger charge is 2.19. The standard InChI is InChI=1S/C32H19N3/c1-2-12-30-24(7-1)26-18-21(22-8-5-11-29-23(22)9-6-16-34-29)19-27-25-17-20(28-10-3-4-15-33-28)13-14-31(25)35(30)32(26)27/h1-19H. The molecule has 3 heteroatoms. The number of rotatable bonds is 2. The zero-order valence-corrected chi connectivity index (χ0v) is 18.8. The fraction of sp³-hybridized carbons (Fsp3) is 0. The summed E-state index contributed by atoms with van der Waals surface area (Å²) in [5, 5.41) is 6.25. The zero-order valence-electron chi connectivity index (χ0n) is 18.8. The van der Waals surface area contributed by atoms with Crippen LogP contribution in [0.25, 0.3) is 71.4 Å². The monoisotopic (exact) mass is 445 g/mol. The molecule has 4 heterocycles. The van der Waals surface area contributed by atoms with Crippen molar-refractivity contribution in [2.45, 2.75) is 0 Å². The third-order valence-corrected chi connectivity index (χ3v) is 7.21. The van der Waals surface area contributed by atoms with Gasteiger partial charge in [-0.1, -0.05) is 48.5 Å². The Balaban J connectivity index is 1.54. The van der Waals surface area contributed by atoms with Crippen LogP contribution >= 0.6 is 0 Å². The molecule has 0 saturated carbocycles. The minimum absolute atomic E-state index is 0.990. The Morgan fingerprint density at radius 3 is 2.17 bits per heavy atom. The third kappa shape index (κ3) is 2.55. The van der Waals surface area contributed by atoms with E-state index in [1.807, 2.05) is 30.6 Å². The summed E-state index contributed by atoms with van der Waals surface area (Å²) in [5.41, 5.74) is 9.30. The number of hydrogen-bond donors (Lipinski definition) is 0. The molecule has 8 aromatic rings. The molecule has 8 rings (SSSR count). The van der Waals surface area contributed by atoms with E-state index in [1.165, 1.54) is 54.6 Å². The van der Waals surface area contributed by atoms with Crippen molar-refractivity contribution < 1.29 is 0 Å². The van der Waals surface area contributed by atoms with Gasteiger partial charge in [-0.15, -0.1) is 0 Å². The molecule has 162 valence electrons. The van der Waals surface area contributed by atoms with E-state index < -0.39 is 0 Å². The summed E-state index contributed by atoms with van der Waals surface area (Å²) in [6.07, 6.45) is 3.71. The SMILES string of the molecule is c1ccc(-c2ccc3c(c2)c2cc(-c4cccc5ncccc45)cc4c5ccccc5n3c42)nc1. The summed E-state index contributed by atoms with van der Waals surface area (Å²) in [6.45, 7) is 0. The molecule has 4 aromatic carbocycles. The minimum Gasteiger partial charge on any atom is -0.308 e. The van der Waals surface area contributed by atoms with Gasteiger partial charge in [0.05, 0.1) is 27.8 Å². The maximum Gasteiger partial charge on any atom is 0.0708 e. The Morgan fingerprint density at radius 1 is 0.486 bits per heavy atom. The highest BCUT2D eigenvalue weighted by molar-refractivity contribution is 6.25. The third-order valence-electron chi connectivity index (χ3n) is 7.21. The van der Waals surface area contributed by atoms with Crippen LogP contribution in [0.5, 0.6) is 0 Å². The van der Waals surface area contributed by atoms with Gasteiger partial charge in [0.2, 0.25) is 0 Å². The van der Waals surface area contributed by atoms with Crippen molar-refractivity contribution in [2.75, 3.05) is 0 Å². The largest absolute Gasteiger partial charge is 0.308 e. The van der Waals surface area contributed by atoms with Crippen molar-refractivity contribution in [1.29, 1.82) is 0 Å². The lowest BCUT2D eigenvalue weighted by Gasteiger charge is -2.08. The first kappa shape index (κ1) is 18.6. The maximum absolute atomic E-state index is 4.60. The molecule has 0 unspecified atom stereocenters. The Kier molecular flexibility index (Phi) is 3.66. The molecule has 0 atom stereocenters. The van der Waals surface area contributed by atoms with Crippen LogP contribution in [-0.4, -0.2) is 14.4 Å². The van der Waals surface area contributed by atoms with Gasteiger partial charge in [0, 0.05) is 44.9 Å². The summed E-state index contributed by atoms with van der Waals surface area (Å²) in [6, 6.07) is 36.8. The molecule has 0 aliphatic carbocycles. The van der Waals surface area contributed by atoms with E-state index in [4.69, 9.17) is 0 Å². The van der Waals surface area contributed by atoms with Gasteiger partial charge >= 0.3 is 0 Å². The fourth-order valence-corrected chi connectivity index (χ4v) is 5.70. The number of pyridine rings is 2. The molecule has 0 spiro atoms. The molecule has 0 bridgehead atoms. The molecule has 0 radical (unpaired) electrons. The van der Waals surface area contributed by atoms with E-state index in [2.05, 4.69) is 99.3 Å². The average molecular weight is 446 g/mol. The Bertz CT molecular complexity index is 2050. The van der Waals surface area contributed by atoms with Crippen molar-refractivity contribution in [3.8, 4) is 22.4 Å². The van der Waals surface area contributed by atoms with Gasteiger partial charge in [0.1, 0.15) is 0 Å². The number of nitrogens with zero attached hydrogens (tertiary/aromatic N) is 3. The first-order valence-electron chi connectivity index (χ1n) is 11.8. The predicted octanol–water partition coefficient (Wildman–Crippen LogP) is 8.11. The van der Waals surface area contributed by atoms with Crippen LogP contribution in [0.2, 0.25) is 0 Å². The van der Waals surface area contributed by atoms with Crippen LogP contribution in [0, 0.1) is 0 Å². The van der Waals surface area contributed by atoms with Crippen molar-refractivity contribution in [2.24, 2.45) is 0 Å². The second kappa shape index (κ2) is 6.87. The maximum atomic E-state index is 4.60. The van der Waals surface area contributed by atoms with E-state index in [0.717, 1.165) is 16.8 Å². The Hall–Kier alpha value is -4.76. The molecule has 3 nitrogen and oxygen atoms in total. The van der Waals surface area contributed by atoms with Gasteiger partial charge < -0.3 is 4.40 Å². The van der Waals surface area contributed by atoms with Crippen LogP contribution in [-0.2, 0) is 0 Å².